The van der Waals surface area contributed by atoms with Crippen molar-refractivity contribution in [1.82, 2.24) is 14.5 Å². The Morgan fingerprint density at radius 3 is 2.69 bits per heavy atom. The maximum absolute atomic E-state index is 13.6. The molecule has 1 aliphatic rings. The summed E-state index contributed by atoms with van der Waals surface area (Å²) in [6, 6.07) is 12.0. The highest BCUT2D eigenvalue weighted by Gasteiger charge is 2.25. The molecule has 2 heterocycles. The van der Waals surface area contributed by atoms with Crippen molar-refractivity contribution in [2.24, 2.45) is 0 Å². The number of aromatic nitrogens is 3. The van der Waals surface area contributed by atoms with Gasteiger partial charge in [-0.1, -0.05) is 42.6 Å². The van der Waals surface area contributed by atoms with Gasteiger partial charge in [0.15, 0.2) is 5.78 Å². The standard InChI is InChI=1S/C26H25ClN6O2/c1-15-9-10-20(27)21(11-15)32-26(35)31-17-6-4-5-16(12-17)23(34)19-13-33(18-7-2-3-8-18)25-22(19)24(28)29-14-30-25/h4-6,9-14,18H,2-3,7-8H2,1H3,(H2,28,29,30)(H2,31,32,35). The van der Waals surface area contributed by atoms with E-state index in [1.165, 1.54) is 6.33 Å². The molecular formula is C26H25ClN6O2. The number of nitrogens with one attached hydrogen (secondary N) is 2. The number of carbonyl (C=O) groups is 2. The summed E-state index contributed by atoms with van der Waals surface area (Å²) in [5.41, 5.74) is 9.69. The van der Waals surface area contributed by atoms with Gasteiger partial charge in [-0.25, -0.2) is 14.8 Å². The van der Waals surface area contributed by atoms with E-state index in [9.17, 15) is 9.59 Å². The van der Waals surface area contributed by atoms with Gasteiger partial charge < -0.3 is 20.9 Å². The van der Waals surface area contributed by atoms with E-state index in [0.29, 0.717) is 44.6 Å². The number of benzene rings is 2. The summed E-state index contributed by atoms with van der Waals surface area (Å²) in [6.45, 7) is 1.91. The van der Waals surface area contributed by atoms with Crippen molar-refractivity contribution in [2.45, 2.75) is 38.6 Å². The van der Waals surface area contributed by atoms with Crippen LogP contribution < -0.4 is 16.4 Å². The Balaban J connectivity index is 1.42. The van der Waals surface area contributed by atoms with Crippen molar-refractivity contribution in [1.29, 1.82) is 0 Å². The lowest BCUT2D eigenvalue weighted by Gasteiger charge is -2.12. The van der Waals surface area contributed by atoms with Crippen LogP contribution in [0, 0.1) is 6.92 Å². The molecule has 35 heavy (non-hydrogen) atoms. The number of nitrogens with two attached hydrogens (primary N) is 1. The first kappa shape index (κ1) is 22.9. The highest BCUT2D eigenvalue weighted by molar-refractivity contribution is 6.33. The van der Waals surface area contributed by atoms with E-state index in [1.54, 1.807) is 36.4 Å². The molecule has 5 rings (SSSR count). The zero-order chi connectivity index (χ0) is 24.5. The Morgan fingerprint density at radius 2 is 1.89 bits per heavy atom. The minimum atomic E-state index is -0.461. The van der Waals surface area contributed by atoms with Crippen molar-refractivity contribution in [3.8, 4) is 0 Å². The number of carbonyl (C=O) groups excluding carboxylic acids is 2. The van der Waals surface area contributed by atoms with Crippen LogP contribution >= 0.6 is 11.6 Å². The molecule has 0 radical (unpaired) electrons. The predicted octanol–water partition coefficient (Wildman–Crippen LogP) is 5.97. The molecule has 1 saturated carbocycles. The van der Waals surface area contributed by atoms with Gasteiger partial charge in [0.2, 0.25) is 0 Å². The lowest BCUT2D eigenvalue weighted by atomic mass is 10.0. The maximum atomic E-state index is 13.6. The number of rotatable bonds is 5. The molecule has 178 valence electrons. The molecule has 0 aliphatic heterocycles. The second-order valence-electron chi connectivity index (χ2n) is 8.82. The van der Waals surface area contributed by atoms with Crippen LogP contribution in [-0.4, -0.2) is 26.3 Å². The number of ketones is 1. The number of urea groups is 1. The third-order valence-electron chi connectivity index (χ3n) is 6.35. The van der Waals surface area contributed by atoms with Gasteiger partial charge >= 0.3 is 6.03 Å². The second kappa shape index (κ2) is 9.38. The van der Waals surface area contributed by atoms with Crippen molar-refractivity contribution in [3.05, 3.63) is 76.7 Å². The van der Waals surface area contributed by atoms with Gasteiger partial charge in [-0.15, -0.1) is 0 Å². The van der Waals surface area contributed by atoms with Crippen LogP contribution in [0.5, 0.6) is 0 Å². The fourth-order valence-corrected chi connectivity index (χ4v) is 4.82. The van der Waals surface area contributed by atoms with Crippen molar-refractivity contribution in [2.75, 3.05) is 16.4 Å². The van der Waals surface area contributed by atoms with Gasteiger partial charge in [-0.3, -0.25) is 4.79 Å². The zero-order valence-electron chi connectivity index (χ0n) is 19.2. The average Bonchev–Trinajstić information content (AvgIpc) is 3.50. The van der Waals surface area contributed by atoms with E-state index in [4.69, 9.17) is 17.3 Å². The molecule has 9 heteroatoms. The third-order valence-corrected chi connectivity index (χ3v) is 6.68. The van der Waals surface area contributed by atoms with Crippen LogP contribution in [0.2, 0.25) is 5.02 Å². The number of hydrogen-bond acceptors (Lipinski definition) is 5. The molecule has 0 saturated heterocycles. The van der Waals surface area contributed by atoms with Gasteiger partial charge in [0.25, 0.3) is 0 Å². The average molecular weight is 489 g/mol. The molecule has 4 N–H and O–H groups in total. The number of halogens is 1. The number of anilines is 3. The van der Waals surface area contributed by atoms with E-state index in [2.05, 4.69) is 25.2 Å². The Labute approximate surface area is 207 Å². The van der Waals surface area contributed by atoms with Crippen LogP contribution in [0.1, 0.15) is 53.2 Å². The summed E-state index contributed by atoms with van der Waals surface area (Å²) < 4.78 is 2.06. The monoisotopic (exact) mass is 488 g/mol. The van der Waals surface area contributed by atoms with Gasteiger partial charge in [0.05, 0.1) is 21.7 Å². The summed E-state index contributed by atoms with van der Waals surface area (Å²) >= 11 is 6.18. The van der Waals surface area contributed by atoms with Gasteiger partial charge in [0, 0.05) is 23.5 Å². The van der Waals surface area contributed by atoms with Gasteiger partial charge in [-0.05, 0) is 49.6 Å². The molecule has 0 unspecified atom stereocenters. The fourth-order valence-electron chi connectivity index (χ4n) is 4.65. The molecule has 1 aliphatic carbocycles. The first-order chi connectivity index (χ1) is 16.9. The van der Waals surface area contributed by atoms with Crippen molar-refractivity contribution < 1.29 is 9.59 Å². The highest BCUT2D eigenvalue weighted by atomic mass is 35.5. The van der Waals surface area contributed by atoms with Gasteiger partial charge in [0.1, 0.15) is 17.8 Å². The second-order valence-corrected chi connectivity index (χ2v) is 9.23. The number of nitrogens with zero attached hydrogens (tertiary/aromatic N) is 3. The summed E-state index contributed by atoms with van der Waals surface area (Å²) in [7, 11) is 0. The van der Waals surface area contributed by atoms with E-state index >= 15 is 0 Å². The minimum absolute atomic E-state index is 0.209. The molecular weight excluding hydrogens is 464 g/mol. The third kappa shape index (κ3) is 4.57. The number of hydrogen-bond donors (Lipinski definition) is 3. The number of nitrogen functional groups attached to an aromatic ring is 1. The smallest absolute Gasteiger partial charge is 0.323 e. The van der Waals surface area contributed by atoms with Crippen molar-refractivity contribution >= 4 is 51.6 Å². The summed E-state index contributed by atoms with van der Waals surface area (Å²) in [4.78, 5) is 34.7. The molecule has 0 atom stereocenters. The maximum Gasteiger partial charge on any atom is 0.323 e. The van der Waals surface area contributed by atoms with Crippen LogP contribution in [-0.2, 0) is 0 Å². The number of aryl methyl sites for hydroxylation is 1. The Hall–Kier alpha value is -3.91. The number of fused-ring (bicyclic) bond motifs is 1. The topological polar surface area (TPSA) is 115 Å². The zero-order valence-corrected chi connectivity index (χ0v) is 20.0. The molecule has 2 aromatic carbocycles. The van der Waals surface area contributed by atoms with E-state index in [1.807, 2.05) is 19.2 Å². The van der Waals surface area contributed by atoms with E-state index in [0.717, 1.165) is 31.2 Å². The summed E-state index contributed by atoms with van der Waals surface area (Å²) in [5, 5.41) is 6.51. The molecule has 0 bridgehead atoms. The van der Waals surface area contributed by atoms with Crippen LogP contribution in [0.3, 0.4) is 0 Å². The minimum Gasteiger partial charge on any atom is -0.383 e. The first-order valence-corrected chi connectivity index (χ1v) is 11.9. The van der Waals surface area contributed by atoms with Crippen molar-refractivity contribution in [3.63, 3.8) is 0 Å². The quantitative estimate of drug-likeness (QED) is 0.299. The Bertz CT molecular complexity index is 1440. The molecule has 4 aromatic rings. The molecule has 2 amide bonds. The normalized spacial score (nSPS) is 13.8. The van der Waals surface area contributed by atoms with Crippen LogP contribution in [0.25, 0.3) is 11.0 Å². The van der Waals surface area contributed by atoms with Crippen LogP contribution in [0.4, 0.5) is 22.0 Å². The summed E-state index contributed by atoms with van der Waals surface area (Å²) in [5.74, 6) is 0.0674. The van der Waals surface area contributed by atoms with E-state index in [-0.39, 0.29) is 11.6 Å². The number of amides is 2. The van der Waals surface area contributed by atoms with E-state index < -0.39 is 6.03 Å². The molecule has 2 aromatic heterocycles. The van der Waals surface area contributed by atoms with Crippen LogP contribution in [0.15, 0.2) is 55.0 Å². The first-order valence-electron chi connectivity index (χ1n) is 11.5. The Morgan fingerprint density at radius 1 is 1.09 bits per heavy atom. The highest BCUT2D eigenvalue weighted by Crippen LogP contribution is 2.35. The SMILES string of the molecule is Cc1ccc(Cl)c(NC(=O)Nc2cccc(C(=O)c3cn(C4CCCC4)c4ncnc(N)c34)c2)c1. The fraction of sp³-hybridized carbons (Fsp3) is 0.231. The predicted molar refractivity (Wildman–Crippen MR) is 138 cm³/mol. The molecule has 8 nitrogen and oxygen atoms in total. The summed E-state index contributed by atoms with van der Waals surface area (Å²) in [6.07, 6.45) is 7.67. The Kier molecular flexibility index (Phi) is 6.13. The lowest BCUT2D eigenvalue weighted by molar-refractivity contribution is 0.104. The van der Waals surface area contributed by atoms with Gasteiger partial charge in [-0.2, -0.15) is 0 Å². The molecule has 0 spiro atoms. The largest absolute Gasteiger partial charge is 0.383 e. The lowest BCUT2D eigenvalue weighted by Crippen LogP contribution is -2.20. The molecule has 1 fully saturated rings.